The van der Waals surface area contributed by atoms with Crippen molar-refractivity contribution in [3.63, 3.8) is 0 Å². The van der Waals surface area contributed by atoms with Gasteiger partial charge in [-0.1, -0.05) is 6.07 Å². The standard InChI is InChI=1S/C16H16F2N2O3S/c17-15(18)23-12-4-2-11(3-5-12)20-16(24)19-8-7-10-1-6-13(21)14(22)9-10/h1-6,9,15,21-22H,7-8H2,(H2,19,20,24). The molecule has 0 amide bonds. The van der Waals surface area contributed by atoms with Gasteiger partial charge in [-0.3, -0.25) is 0 Å². The summed E-state index contributed by atoms with van der Waals surface area (Å²) in [7, 11) is 0. The molecule has 0 bridgehead atoms. The number of benzene rings is 2. The number of halogens is 2. The first-order valence-corrected chi connectivity index (χ1v) is 7.45. The summed E-state index contributed by atoms with van der Waals surface area (Å²) < 4.78 is 28.4. The second-order valence-electron chi connectivity index (χ2n) is 4.86. The lowest BCUT2D eigenvalue weighted by molar-refractivity contribution is -0.0498. The SMILES string of the molecule is Oc1ccc(CCNC(=S)Nc2ccc(OC(F)F)cc2)cc1O. The molecule has 24 heavy (non-hydrogen) atoms. The van der Waals surface area contributed by atoms with E-state index in [1.54, 1.807) is 18.2 Å². The van der Waals surface area contributed by atoms with E-state index in [9.17, 15) is 19.0 Å². The van der Waals surface area contributed by atoms with Crippen LogP contribution in [0.15, 0.2) is 42.5 Å². The number of phenolic OH excluding ortho intramolecular Hbond substituents is 2. The van der Waals surface area contributed by atoms with Gasteiger partial charge in [0.25, 0.3) is 0 Å². The molecule has 0 radical (unpaired) electrons. The number of nitrogens with one attached hydrogen (secondary N) is 2. The zero-order valence-electron chi connectivity index (χ0n) is 12.5. The van der Waals surface area contributed by atoms with E-state index in [1.165, 1.54) is 24.3 Å². The normalized spacial score (nSPS) is 10.5. The lowest BCUT2D eigenvalue weighted by Crippen LogP contribution is -2.30. The van der Waals surface area contributed by atoms with Crippen molar-refractivity contribution in [1.82, 2.24) is 5.32 Å². The molecule has 0 fully saturated rings. The van der Waals surface area contributed by atoms with Gasteiger partial charge in [-0.2, -0.15) is 8.78 Å². The van der Waals surface area contributed by atoms with Crippen LogP contribution >= 0.6 is 12.2 Å². The Morgan fingerprint density at radius 1 is 1.08 bits per heavy atom. The van der Waals surface area contributed by atoms with Crippen LogP contribution in [-0.2, 0) is 6.42 Å². The summed E-state index contributed by atoms with van der Waals surface area (Å²) in [6.45, 7) is -2.34. The molecule has 0 saturated carbocycles. The lowest BCUT2D eigenvalue weighted by atomic mass is 10.1. The Kier molecular flexibility index (Phi) is 6.14. The van der Waals surface area contributed by atoms with Gasteiger partial charge in [0.2, 0.25) is 0 Å². The van der Waals surface area contributed by atoms with Crippen molar-refractivity contribution in [2.24, 2.45) is 0 Å². The molecule has 0 spiro atoms. The molecule has 4 N–H and O–H groups in total. The first kappa shape index (κ1) is 17.7. The van der Waals surface area contributed by atoms with Crippen LogP contribution in [0.5, 0.6) is 17.2 Å². The highest BCUT2D eigenvalue weighted by atomic mass is 32.1. The van der Waals surface area contributed by atoms with E-state index in [1.807, 2.05) is 0 Å². The minimum Gasteiger partial charge on any atom is -0.504 e. The quantitative estimate of drug-likeness (QED) is 0.472. The fourth-order valence-electron chi connectivity index (χ4n) is 1.94. The Morgan fingerprint density at radius 2 is 1.79 bits per heavy atom. The number of ether oxygens (including phenoxy) is 1. The Labute approximate surface area is 142 Å². The molecule has 128 valence electrons. The summed E-state index contributed by atoms with van der Waals surface area (Å²) >= 11 is 5.14. The van der Waals surface area contributed by atoms with Crippen LogP contribution in [0.3, 0.4) is 0 Å². The van der Waals surface area contributed by atoms with Gasteiger partial charge in [-0.05, 0) is 60.6 Å². The van der Waals surface area contributed by atoms with Gasteiger partial charge in [-0.15, -0.1) is 0 Å². The topological polar surface area (TPSA) is 73.8 Å². The second-order valence-corrected chi connectivity index (χ2v) is 5.27. The van der Waals surface area contributed by atoms with Gasteiger partial charge in [-0.25, -0.2) is 0 Å². The van der Waals surface area contributed by atoms with Gasteiger partial charge in [0.1, 0.15) is 5.75 Å². The van der Waals surface area contributed by atoms with Crippen LogP contribution in [-0.4, -0.2) is 28.5 Å². The Bertz CT molecular complexity index is 696. The molecule has 0 aliphatic heterocycles. The molecule has 2 aromatic rings. The second kappa shape index (κ2) is 8.30. The van der Waals surface area contributed by atoms with E-state index < -0.39 is 6.61 Å². The molecule has 5 nitrogen and oxygen atoms in total. The predicted molar refractivity (Wildman–Crippen MR) is 90.8 cm³/mol. The number of thiocarbonyl (C=S) groups is 1. The van der Waals surface area contributed by atoms with E-state index in [2.05, 4.69) is 15.4 Å². The van der Waals surface area contributed by atoms with Crippen LogP contribution in [0.25, 0.3) is 0 Å². The maximum absolute atomic E-state index is 12.1. The summed E-state index contributed by atoms with van der Waals surface area (Å²) in [5.74, 6) is -0.260. The Hall–Kier alpha value is -2.61. The van der Waals surface area contributed by atoms with Gasteiger partial charge in [0.05, 0.1) is 0 Å². The van der Waals surface area contributed by atoms with Gasteiger partial charge in [0.15, 0.2) is 16.6 Å². The smallest absolute Gasteiger partial charge is 0.387 e. The average Bonchev–Trinajstić information content (AvgIpc) is 2.52. The zero-order chi connectivity index (χ0) is 17.5. The van der Waals surface area contributed by atoms with Gasteiger partial charge in [0, 0.05) is 12.2 Å². The third-order valence-corrected chi connectivity index (χ3v) is 3.32. The van der Waals surface area contributed by atoms with Crippen molar-refractivity contribution in [3.05, 3.63) is 48.0 Å². The van der Waals surface area contributed by atoms with Crippen LogP contribution in [0.1, 0.15) is 5.56 Å². The molecule has 0 aliphatic rings. The van der Waals surface area contributed by atoms with E-state index >= 15 is 0 Å². The third kappa shape index (κ3) is 5.54. The first-order valence-electron chi connectivity index (χ1n) is 7.04. The van der Waals surface area contributed by atoms with Crippen molar-refractivity contribution in [3.8, 4) is 17.2 Å². The fourth-order valence-corrected chi connectivity index (χ4v) is 2.16. The molecule has 8 heteroatoms. The summed E-state index contributed by atoms with van der Waals surface area (Å²) in [5, 5.41) is 24.9. The van der Waals surface area contributed by atoms with Crippen LogP contribution in [0, 0.1) is 0 Å². The Morgan fingerprint density at radius 3 is 2.42 bits per heavy atom. The van der Waals surface area contributed by atoms with Crippen molar-refractivity contribution in [2.45, 2.75) is 13.0 Å². The number of hydrogen-bond donors (Lipinski definition) is 4. The Balaban J connectivity index is 1.77. The first-order chi connectivity index (χ1) is 11.4. The van der Waals surface area contributed by atoms with E-state index in [4.69, 9.17) is 12.2 Å². The van der Waals surface area contributed by atoms with Crippen LogP contribution < -0.4 is 15.4 Å². The summed E-state index contributed by atoms with van der Waals surface area (Å²) in [6, 6.07) is 10.6. The van der Waals surface area contributed by atoms with Crippen LogP contribution in [0.4, 0.5) is 14.5 Å². The molecular formula is C16H16F2N2O3S. The van der Waals surface area contributed by atoms with Crippen molar-refractivity contribution < 1.29 is 23.7 Å². The maximum atomic E-state index is 12.1. The number of anilines is 1. The maximum Gasteiger partial charge on any atom is 0.387 e. The minimum absolute atomic E-state index is 0.0709. The van der Waals surface area contributed by atoms with E-state index in [0.717, 1.165) is 5.56 Å². The number of aromatic hydroxyl groups is 2. The van der Waals surface area contributed by atoms with Crippen LogP contribution in [0.2, 0.25) is 0 Å². The van der Waals surface area contributed by atoms with Gasteiger partial charge >= 0.3 is 6.61 Å². The predicted octanol–water partition coefficient (Wildman–Crippen LogP) is 3.23. The summed E-state index contributed by atoms with van der Waals surface area (Å²) in [5.41, 5.74) is 1.48. The molecule has 2 aromatic carbocycles. The minimum atomic E-state index is -2.86. The average molecular weight is 354 g/mol. The lowest BCUT2D eigenvalue weighted by Gasteiger charge is -2.11. The van der Waals surface area contributed by atoms with E-state index in [0.29, 0.717) is 23.8 Å². The number of phenols is 2. The molecule has 0 saturated heterocycles. The highest BCUT2D eigenvalue weighted by Crippen LogP contribution is 2.24. The molecule has 0 heterocycles. The largest absolute Gasteiger partial charge is 0.504 e. The third-order valence-electron chi connectivity index (χ3n) is 3.08. The summed E-state index contributed by atoms with van der Waals surface area (Å²) in [6.07, 6.45) is 0.594. The number of alkyl halides is 2. The monoisotopic (exact) mass is 354 g/mol. The number of rotatable bonds is 6. The molecule has 0 aliphatic carbocycles. The fraction of sp³-hybridized carbons (Fsp3) is 0.188. The van der Waals surface area contributed by atoms with Crippen molar-refractivity contribution in [1.29, 1.82) is 0 Å². The molecule has 2 rings (SSSR count). The van der Waals surface area contributed by atoms with Crippen molar-refractivity contribution in [2.75, 3.05) is 11.9 Å². The molecule has 0 unspecified atom stereocenters. The molecular weight excluding hydrogens is 338 g/mol. The zero-order valence-corrected chi connectivity index (χ0v) is 13.3. The highest BCUT2D eigenvalue weighted by Gasteiger charge is 2.05. The van der Waals surface area contributed by atoms with Gasteiger partial charge < -0.3 is 25.6 Å². The number of hydrogen-bond acceptors (Lipinski definition) is 4. The highest BCUT2D eigenvalue weighted by molar-refractivity contribution is 7.80. The van der Waals surface area contributed by atoms with Crippen molar-refractivity contribution >= 4 is 23.0 Å². The molecule has 0 aromatic heterocycles. The van der Waals surface area contributed by atoms with E-state index in [-0.39, 0.29) is 17.2 Å². The summed E-state index contributed by atoms with van der Waals surface area (Å²) in [4.78, 5) is 0. The molecule has 0 atom stereocenters.